The number of ether oxygens (including phenoxy) is 1. The Morgan fingerprint density at radius 3 is 2.35 bits per heavy atom. The molecule has 1 fully saturated rings. The van der Waals surface area contributed by atoms with Gasteiger partial charge in [0.1, 0.15) is 16.4 Å². The fourth-order valence-electron chi connectivity index (χ4n) is 5.95. The van der Waals surface area contributed by atoms with Crippen LogP contribution in [0.1, 0.15) is 30.9 Å². The largest absolute Gasteiger partial charge is 0.497 e. The van der Waals surface area contributed by atoms with Gasteiger partial charge < -0.3 is 13.8 Å². The number of benzene rings is 3. The molecule has 5 rings (SSSR count). The van der Waals surface area contributed by atoms with Crippen molar-refractivity contribution in [3.63, 3.8) is 0 Å². The summed E-state index contributed by atoms with van der Waals surface area (Å²) in [6, 6.07) is 23.3. The summed E-state index contributed by atoms with van der Waals surface area (Å²) in [5.41, 5.74) is 3.52. The van der Waals surface area contributed by atoms with Gasteiger partial charge in [-0.15, -0.1) is 0 Å². The summed E-state index contributed by atoms with van der Waals surface area (Å²) in [5, 5.41) is 0. The molecule has 1 aliphatic heterocycles. The molecule has 0 amide bonds. The lowest BCUT2D eigenvalue weighted by atomic mass is 9.87. The molecule has 1 heterocycles. The highest BCUT2D eigenvalue weighted by atomic mass is 32.2. The van der Waals surface area contributed by atoms with Crippen LogP contribution in [-0.2, 0) is 23.0 Å². The maximum absolute atomic E-state index is 13.0. The summed E-state index contributed by atoms with van der Waals surface area (Å²) in [6.45, 7) is 9.77. The van der Waals surface area contributed by atoms with Gasteiger partial charge in [-0.2, -0.15) is 8.42 Å². The van der Waals surface area contributed by atoms with Gasteiger partial charge in [-0.1, -0.05) is 37.3 Å². The zero-order valence-electron chi connectivity index (χ0n) is 23.7. The Bertz CT molecular complexity index is 1340. The van der Waals surface area contributed by atoms with Crippen LogP contribution in [0, 0.1) is 0 Å². The summed E-state index contributed by atoms with van der Waals surface area (Å²) in [4.78, 5) is 7.84. The molecule has 1 aliphatic carbocycles. The Hall–Kier alpha value is -3.07. The number of fused-ring (bicyclic) bond motifs is 1. The Balaban J connectivity index is 1.19. The Kier molecular flexibility index (Phi) is 9.29. The molecular formula is C32H41N3O4S. The van der Waals surface area contributed by atoms with Crippen LogP contribution >= 0.6 is 0 Å². The van der Waals surface area contributed by atoms with Crippen molar-refractivity contribution in [1.82, 2.24) is 9.80 Å². The molecule has 0 saturated carbocycles. The Morgan fingerprint density at radius 1 is 0.900 bits per heavy atom. The SMILES string of the molecule is CCCN(CCN1CCN(c2ccccc2)CC1)[C@H]1CCc2c(cccc2OS(=O)(=O)c2ccc(OC)cc2)C1. The average molecular weight is 564 g/mol. The summed E-state index contributed by atoms with van der Waals surface area (Å²) < 4.78 is 36.8. The molecule has 3 aromatic rings. The van der Waals surface area contributed by atoms with Crippen molar-refractivity contribution >= 4 is 15.8 Å². The number of hydrogen-bond donors (Lipinski definition) is 0. The topological polar surface area (TPSA) is 62.3 Å². The second-order valence-electron chi connectivity index (χ2n) is 10.7. The van der Waals surface area contributed by atoms with E-state index in [0.717, 1.165) is 77.1 Å². The maximum atomic E-state index is 13.0. The number of para-hydroxylation sites is 1. The predicted molar refractivity (Wildman–Crippen MR) is 160 cm³/mol. The summed E-state index contributed by atoms with van der Waals surface area (Å²) in [5.74, 6) is 1.05. The highest BCUT2D eigenvalue weighted by molar-refractivity contribution is 7.87. The standard InChI is InChI=1S/C32H41N3O4S/c1-3-18-34(22-19-33-20-23-35(24-21-33)27-9-5-4-6-10-27)28-12-17-31-26(25-28)8-7-11-32(31)39-40(36,37)30-15-13-29(38-2)14-16-30/h4-11,13-16,28H,3,12,17-25H2,1-2H3/t28-/m0/s1. The minimum Gasteiger partial charge on any atom is -0.497 e. The number of piperazine rings is 1. The van der Waals surface area contributed by atoms with E-state index in [1.165, 1.54) is 23.4 Å². The van der Waals surface area contributed by atoms with Crippen molar-refractivity contribution in [1.29, 1.82) is 0 Å². The zero-order valence-corrected chi connectivity index (χ0v) is 24.5. The van der Waals surface area contributed by atoms with Crippen LogP contribution in [0.15, 0.2) is 77.7 Å². The second-order valence-corrected chi connectivity index (χ2v) is 12.2. The van der Waals surface area contributed by atoms with E-state index in [0.29, 0.717) is 17.5 Å². The maximum Gasteiger partial charge on any atom is 0.339 e. The van der Waals surface area contributed by atoms with E-state index in [1.807, 2.05) is 6.07 Å². The minimum absolute atomic E-state index is 0.123. The number of methoxy groups -OCH3 is 1. The fourth-order valence-corrected chi connectivity index (χ4v) is 6.91. The van der Waals surface area contributed by atoms with E-state index in [4.69, 9.17) is 8.92 Å². The third kappa shape index (κ3) is 6.79. The van der Waals surface area contributed by atoms with Crippen LogP contribution in [0.3, 0.4) is 0 Å². The Labute approximate surface area is 239 Å². The molecule has 7 nitrogen and oxygen atoms in total. The molecule has 0 N–H and O–H groups in total. The first kappa shape index (κ1) is 28.5. The predicted octanol–water partition coefficient (Wildman–Crippen LogP) is 4.85. The molecule has 1 saturated heterocycles. The number of rotatable bonds is 11. The van der Waals surface area contributed by atoms with Crippen LogP contribution in [0.5, 0.6) is 11.5 Å². The molecule has 0 unspecified atom stereocenters. The van der Waals surface area contributed by atoms with Gasteiger partial charge in [0.15, 0.2) is 0 Å². The lowest BCUT2D eigenvalue weighted by Crippen LogP contribution is -2.50. The molecule has 214 valence electrons. The molecule has 8 heteroatoms. The molecule has 3 aromatic carbocycles. The lowest BCUT2D eigenvalue weighted by Gasteiger charge is -2.39. The molecule has 1 atom stereocenters. The second kappa shape index (κ2) is 13.1. The van der Waals surface area contributed by atoms with Crippen molar-refractivity contribution in [2.24, 2.45) is 0 Å². The van der Waals surface area contributed by atoms with Crippen LogP contribution in [0.2, 0.25) is 0 Å². The van der Waals surface area contributed by atoms with E-state index in [-0.39, 0.29) is 4.90 Å². The van der Waals surface area contributed by atoms with Crippen molar-refractivity contribution in [3.05, 3.63) is 83.9 Å². The summed E-state index contributed by atoms with van der Waals surface area (Å²) in [7, 11) is -2.37. The number of anilines is 1. The van der Waals surface area contributed by atoms with Crippen molar-refractivity contribution < 1.29 is 17.3 Å². The first-order valence-electron chi connectivity index (χ1n) is 14.4. The van der Waals surface area contributed by atoms with Crippen molar-refractivity contribution in [2.45, 2.75) is 43.5 Å². The van der Waals surface area contributed by atoms with Crippen LogP contribution in [0.4, 0.5) is 5.69 Å². The van der Waals surface area contributed by atoms with Gasteiger partial charge in [0.2, 0.25) is 0 Å². The third-order valence-electron chi connectivity index (χ3n) is 8.19. The number of nitrogens with zero attached hydrogens (tertiary/aromatic N) is 3. The monoisotopic (exact) mass is 563 g/mol. The van der Waals surface area contributed by atoms with Crippen LogP contribution in [-0.4, -0.2) is 77.2 Å². The lowest BCUT2D eigenvalue weighted by molar-refractivity contribution is 0.145. The average Bonchev–Trinajstić information content (AvgIpc) is 3.00. The highest BCUT2D eigenvalue weighted by Gasteiger charge is 2.28. The molecule has 0 spiro atoms. The molecule has 0 radical (unpaired) electrons. The quantitative estimate of drug-likeness (QED) is 0.309. The third-order valence-corrected chi connectivity index (χ3v) is 9.43. The van der Waals surface area contributed by atoms with Crippen molar-refractivity contribution in [2.75, 3.05) is 57.8 Å². The first-order valence-corrected chi connectivity index (χ1v) is 15.8. The van der Waals surface area contributed by atoms with E-state index >= 15 is 0 Å². The van der Waals surface area contributed by atoms with E-state index < -0.39 is 10.1 Å². The number of hydrogen-bond acceptors (Lipinski definition) is 7. The van der Waals surface area contributed by atoms with Gasteiger partial charge in [0, 0.05) is 51.0 Å². The van der Waals surface area contributed by atoms with Crippen molar-refractivity contribution in [3.8, 4) is 11.5 Å². The normalized spacial score (nSPS) is 18.0. The molecule has 0 bridgehead atoms. The van der Waals surface area contributed by atoms with E-state index in [9.17, 15) is 8.42 Å². The van der Waals surface area contributed by atoms with Gasteiger partial charge in [0.05, 0.1) is 7.11 Å². The van der Waals surface area contributed by atoms with Gasteiger partial charge in [-0.3, -0.25) is 9.80 Å². The fraction of sp³-hybridized carbons (Fsp3) is 0.438. The van der Waals surface area contributed by atoms with Gasteiger partial charge in [0.25, 0.3) is 0 Å². The smallest absolute Gasteiger partial charge is 0.339 e. The van der Waals surface area contributed by atoms with Gasteiger partial charge in [-0.25, -0.2) is 0 Å². The van der Waals surface area contributed by atoms with E-state index in [1.54, 1.807) is 25.3 Å². The van der Waals surface area contributed by atoms with Crippen LogP contribution < -0.4 is 13.8 Å². The molecular weight excluding hydrogens is 522 g/mol. The van der Waals surface area contributed by atoms with Gasteiger partial charge >= 0.3 is 10.1 Å². The molecule has 0 aromatic heterocycles. The first-order chi connectivity index (χ1) is 19.5. The minimum atomic E-state index is -3.93. The highest BCUT2D eigenvalue weighted by Crippen LogP contribution is 2.33. The summed E-state index contributed by atoms with van der Waals surface area (Å²) >= 11 is 0. The molecule has 2 aliphatic rings. The van der Waals surface area contributed by atoms with Gasteiger partial charge in [-0.05, 0) is 85.8 Å². The van der Waals surface area contributed by atoms with Crippen LogP contribution in [0.25, 0.3) is 0 Å². The Morgan fingerprint density at radius 2 is 1.65 bits per heavy atom. The molecule has 40 heavy (non-hydrogen) atoms. The zero-order chi connectivity index (χ0) is 28.0. The summed E-state index contributed by atoms with van der Waals surface area (Å²) in [6.07, 6.45) is 3.84. The van der Waals surface area contributed by atoms with E-state index in [2.05, 4.69) is 58.0 Å².